The van der Waals surface area contributed by atoms with Crippen molar-refractivity contribution < 1.29 is 4.79 Å². The summed E-state index contributed by atoms with van der Waals surface area (Å²) in [6, 6.07) is 15.1. The van der Waals surface area contributed by atoms with Gasteiger partial charge < -0.3 is 9.88 Å². The highest BCUT2D eigenvalue weighted by Gasteiger charge is 2.08. The van der Waals surface area contributed by atoms with E-state index in [1.54, 1.807) is 18.2 Å². The smallest absolute Gasteiger partial charge is 0.261 e. The Bertz CT molecular complexity index is 1160. The molecular formula is C20H19N5O2. The van der Waals surface area contributed by atoms with Gasteiger partial charge in [-0.3, -0.25) is 14.2 Å². The Balaban J connectivity index is 1.32. The topological polar surface area (TPSA) is 81.8 Å². The summed E-state index contributed by atoms with van der Waals surface area (Å²) < 4.78 is 3.40. The lowest BCUT2D eigenvalue weighted by molar-refractivity contribution is -0.121. The predicted octanol–water partition coefficient (Wildman–Crippen LogP) is 1.95. The van der Waals surface area contributed by atoms with E-state index in [1.165, 1.54) is 10.9 Å². The van der Waals surface area contributed by atoms with E-state index < -0.39 is 0 Å². The third-order valence-corrected chi connectivity index (χ3v) is 4.47. The fourth-order valence-electron chi connectivity index (χ4n) is 3.10. The fraction of sp³-hybridized carbons (Fsp3) is 0.200. The summed E-state index contributed by atoms with van der Waals surface area (Å²) >= 11 is 0. The number of carbonyl (C=O) groups is 1. The maximum atomic E-state index is 12.4. The number of para-hydroxylation sites is 3. The van der Waals surface area contributed by atoms with Crippen LogP contribution in [0.1, 0.15) is 6.42 Å². The molecule has 2 aromatic heterocycles. The maximum absolute atomic E-state index is 12.4. The summed E-state index contributed by atoms with van der Waals surface area (Å²) in [4.78, 5) is 33.1. The Kier molecular flexibility index (Phi) is 4.65. The van der Waals surface area contributed by atoms with Gasteiger partial charge in [0.25, 0.3) is 5.56 Å². The fourth-order valence-corrected chi connectivity index (χ4v) is 3.10. The number of hydrogen-bond donors (Lipinski definition) is 1. The summed E-state index contributed by atoms with van der Waals surface area (Å²) in [5, 5.41) is 3.37. The van der Waals surface area contributed by atoms with Gasteiger partial charge in [-0.25, -0.2) is 9.97 Å². The van der Waals surface area contributed by atoms with E-state index in [-0.39, 0.29) is 18.0 Å². The van der Waals surface area contributed by atoms with E-state index in [9.17, 15) is 9.59 Å². The van der Waals surface area contributed by atoms with Gasteiger partial charge in [0.05, 0.1) is 34.6 Å². The van der Waals surface area contributed by atoms with Crippen molar-refractivity contribution in [3.05, 3.63) is 71.5 Å². The molecule has 0 saturated carbocycles. The van der Waals surface area contributed by atoms with Gasteiger partial charge in [0.15, 0.2) is 0 Å². The quantitative estimate of drug-likeness (QED) is 0.532. The predicted molar refractivity (Wildman–Crippen MR) is 103 cm³/mol. The standard InChI is InChI=1S/C20H19N5O2/c26-19(12-25-14-22-16-7-2-1-6-15(16)20(25)27)21-10-5-11-24-13-23-17-8-3-4-9-18(17)24/h1-4,6-9,13-14H,5,10-12H2,(H,21,26). The largest absolute Gasteiger partial charge is 0.354 e. The van der Waals surface area contributed by atoms with Crippen molar-refractivity contribution in [3.8, 4) is 0 Å². The van der Waals surface area contributed by atoms with Crippen LogP contribution in [0.15, 0.2) is 66.0 Å². The Morgan fingerprint density at radius 2 is 1.63 bits per heavy atom. The highest BCUT2D eigenvalue weighted by molar-refractivity contribution is 5.79. The molecule has 0 bridgehead atoms. The molecule has 7 heteroatoms. The average Bonchev–Trinajstić information content (AvgIpc) is 3.11. The first-order valence-electron chi connectivity index (χ1n) is 8.83. The molecule has 0 aliphatic rings. The first kappa shape index (κ1) is 17.0. The molecule has 0 saturated heterocycles. The lowest BCUT2D eigenvalue weighted by atomic mass is 10.2. The number of nitrogens with one attached hydrogen (secondary N) is 1. The normalized spacial score (nSPS) is 11.1. The van der Waals surface area contributed by atoms with Gasteiger partial charge >= 0.3 is 0 Å². The van der Waals surface area contributed by atoms with Crippen molar-refractivity contribution in [2.45, 2.75) is 19.5 Å². The van der Waals surface area contributed by atoms with Crippen molar-refractivity contribution in [1.29, 1.82) is 0 Å². The number of nitrogens with zero attached hydrogens (tertiary/aromatic N) is 4. The van der Waals surface area contributed by atoms with Crippen LogP contribution in [0.3, 0.4) is 0 Å². The summed E-state index contributed by atoms with van der Waals surface area (Å²) in [6.07, 6.45) is 4.01. The molecule has 4 aromatic rings. The molecule has 0 aliphatic heterocycles. The van der Waals surface area contributed by atoms with Crippen LogP contribution in [0.5, 0.6) is 0 Å². The number of imidazole rings is 1. The monoisotopic (exact) mass is 361 g/mol. The third-order valence-electron chi connectivity index (χ3n) is 4.47. The average molecular weight is 361 g/mol. The van der Waals surface area contributed by atoms with Gasteiger partial charge in [0.1, 0.15) is 6.54 Å². The molecular weight excluding hydrogens is 342 g/mol. The van der Waals surface area contributed by atoms with Crippen LogP contribution >= 0.6 is 0 Å². The second kappa shape index (κ2) is 7.41. The van der Waals surface area contributed by atoms with Crippen LogP contribution in [0.4, 0.5) is 0 Å². The molecule has 1 amide bonds. The molecule has 4 rings (SSSR count). The molecule has 0 unspecified atom stereocenters. The number of hydrogen-bond acceptors (Lipinski definition) is 4. The van der Waals surface area contributed by atoms with Gasteiger partial charge in [0.2, 0.25) is 5.91 Å². The van der Waals surface area contributed by atoms with E-state index in [1.807, 2.05) is 36.7 Å². The zero-order valence-electron chi connectivity index (χ0n) is 14.7. The molecule has 2 aromatic carbocycles. The summed E-state index contributed by atoms with van der Waals surface area (Å²) in [5.74, 6) is -0.204. The minimum absolute atomic E-state index is 0.0370. The zero-order valence-corrected chi connectivity index (χ0v) is 14.7. The molecule has 0 aliphatic carbocycles. The SMILES string of the molecule is O=C(Cn1cnc2ccccc2c1=O)NCCCn1cnc2ccccc21. The first-order chi connectivity index (χ1) is 13.2. The minimum atomic E-state index is -0.208. The summed E-state index contributed by atoms with van der Waals surface area (Å²) in [5.41, 5.74) is 2.47. The Hall–Kier alpha value is -3.48. The Labute approximate surface area is 155 Å². The number of aromatic nitrogens is 4. The maximum Gasteiger partial charge on any atom is 0.261 e. The number of fused-ring (bicyclic) bond motifs is 2. The van der Waals surface area contributed by atoms with Crippen LogP contribution < -0.4 is 10.9 Å². The van der Waals surface area contributed by atoms with Gasteiger partial charge in [-0.1, -0.05) is 24.3 Å². The van der Waals surface area contributed by atoms with E-state index in [2.05, 4.69) is 19.9 Å². The molecule has 1 N–H and O–H groups in total. The number of amides is 1. The van der Waals surface area contributed by atoms with Gasteiger partial charge in [0, 0.05) is 13.1 Å². The molecule has 27 heavy (non-hydrogen) atoms. The number of benzene rings is 2. The van der Waals surface area contributed by atoms with Gasteiger partial charge in [-0.15, -0.1) is 0 Å². The highest BCUT2D eigenvalue weighted by atomic mass is 16.2. The Morgan fingerprint density at radius 1 is 0.926 bits per heavy atom. The number of rotatable bonds is 6. The number of aryl methyl sites for hydroxylation is 1. The Morgan fingerprint density at radius 3 is 2.52 bits per heavy atom. The second-order valence-electron chi connectivity index (χ2n) is 6.32. The first-order valence-corrected chi connectivity index (χ1v) is 8.83. The minimum Gasteiger partial charge on any atom is -0.354 e. The lowest BCUT2D eigenvalue weighted by Gasteiger charge is -2.08. The van der Waals surface area contributed by atoms with Crippen LogP contribution in [-0.4, -0.2) is 31.6 Å². The molecule has 136 valence electrons. The van der Waals surface area contributed by atoms with E-state index in [0.29, 0.717) is 17.4 Å². The lowest BCUT2D eigenvalue weighted by Crippen LogP contribution is -2.33. The molecule has 0 spiro atoms. The molecule has 2 heterocycles. The molecule has 7 nitrogen and oxygen atoms in total. The van der Waals surface area contributed by atoms with Crippen LogP contribution in [0.25, 0.3) is 21.9 Å². The van der Waals surface area contributed by atoms with Crippen LogP contribution in [-0.2, 0) is 17.9 Å². The summed E-state index contributed by atoms with van der Waals surface area (Å²) in [6.45, 7) is 1.25. The highest BCUT2D eigenvalue weighted by Crippen LogP contribution is 2.11. The molecule has 0 fully saturated rings. The van der Waals surface area contributed by atoms with E-state index >= 15 is 0 Å². The number of carbonyl (C=O) groups excluding carboxylic acids is 1. The summed E-state index contributed by atoms with van der Waals surface area (Å²) in [7, 11) is 0. The van der Waals surface area contributed by atoms with Crippen molar-refractivity contribution in [2.24, 2.45) is 0 Å². The van der Waals surface area contributed by atoms with Crippen LogP contribution in [0.2, 0.25) is 0 Å². The second-order valence-corrected chi connectivity index (χ2v) is 6.32. The third kappa shape index (κ3) is 3.57. The zero-order chi connectivity index (χ0) is 18.6. The van der Waals surface area contributed by atoms with Crippen LogP contribution in [0, 0.1) is 0 Å². The van der Waals surface area contributed by atoms with E-state index in [4.69, 9.17) is 0 Å². The van der Waals surface area contributed by atoms with Crippen molar-refractivity contribution in [1.82, 2.24) is 24.4 Å². The van der Waals surface area contributed by atoms with E-state index in [0.717, 1.165) is 24.0 Å². The van der Waals surface area contributed by atoms with Crippen molar-refractivity contribution >= 4 is 27.8 Å². The van der Waals surface area contributed by atoms with Crippen molar-refractivity contribution in [3.63, 3.8) is 0 Å². The van der Waals surface area contributed by atoms with Crippen molar-refractivity contribution in [2.75, 3.05) is 6.54 Å². The van der Waals surface area contributed by atoms with Gasteiger partial charge in [-0.2, -0.15) is 0 Å². The van der Waals surface area contributed by atoms with Gasteiger partial charge in [-0.05, 0) is 30.7 Å². The molecule has 0 radical (unpaired) electrons. The molecule has 0 atom stereocenters.